The highest BCUT2D eigenvalue weighted by atomic mass is 32.2. The molecule has 1 aromatic carbocycles. The molecule has 1 unspecified atom stereocenters. The van der Waals surface area contributed by atoms with Crippen LogP contribution in [0, 0.1) is 0 Å². The smallest absolute Gasteiger partial charge is 0.282 e. The van der Waals surface area contributed by atoms with Crippen LogP contribution in [0.1, 0.15) is 29.6 Å². The molecule has 8 heteroatoms. The molecule has 0 aliphatic heterocycles. The average molecular weight is 344 g/mol. The Morgan fingerprint density at radius 2 is 1.64 bits per heavy atom. The van der Waals surface area contributed by atoms with E-state index in [-0.39, 0.29) is 23.7 Å². The van der Waals surface area contributed by atoms with E-state index in [1.54, 1.807) is 30.3 Å². The Morgan fingerprint density at radius 1 is 1.05 bits per heavy atom. The van der Waals surface area contributed by atoms with Crippen LogP contribution in [-0.4, -0.2) is 29.1 Å². The van der Waals surface area contributed by atoms with E-state index in [1.807, 2.05) is 0 Å². The van der Waals surface area contributed by atoms with Gasteiger partial charge in [-0.2, -0.15) is 22.0 Å². The van der Waals surface area contributed by atoms with E-state index in [9.17, 15) is 31.1 Å². The molecular weight excluding hydrogens is 330 g/mol. The highest BCUT2D eigenvalue weighted by Crippen LogP contribution is 2.41. The molecule has 0 saturated carbocycles. The van der Waals surface area contributed by atoms with Crippen molar-refractivity contribution < 1.29 is 31.1 Å². The van der Waals surface area contributed by atoms with Crippen molar-refractivity contribution in [2.24, 2.45) is 0 Å². The molecule has 1 nitrogen and oxygen atoms in total. The second-order valence-electron chi connectivity index (χ2n) is 4.59. The molecule has 0 radical (unpaired) electrons. The SMILES string of the molecule is O=C(SCCCCC(F)C(F)(F)C(F)(F)F)c1ccccc1. The van der Waals surface area contributed by atoms with Crippen molar-refractivity contribution in [2.45, 2.75) is 37.5 Å². The molecular formula is C14H14F6OS. The van der Waals surface area contributed by atoms with Crippen LogP contribution < -0.4 is 0 Å². The zero-order valence-electron chi connectivity index (χ0n) is 11.4. The van der Waals surface area contributed by atoms with Crippen molar-refractivity contribution in [1.82, 2.24) is 0 Å². The van der Waals surface area contributed by atoms with Gasteiger partial charge in [-0.15, -0.1) is 0 Å². The lowest BCUT2D eigenvalue weighted by Crippen LogP contribution is -2.44. The topological polar surface area (TPSA) is 17.1 Å². The Balaban J connectivity index is 2.27. The van der Waals surface area contributed by atoms with Crippen molar-refractivity contribution in [3.05, 3.63) is 35.9 Å². The lowest BCUT2D eigenvalue weighted by Gasteiger charge is -2.22. The van der Waals surface area contributed by atoms with Crippen molar-refractivity contribution in [3.63, 3.8) is 0 Å². The Labute approximate surface area is 128 Å². The van der Waals surface area contributed by atoms with Crippen molar-refractivity contribution in [3.8, 4) is 0 Å². The van der Waals surface area contributed by atoms with Gasteiger partial charge in [-0.25, -0.2) is 4.39 Å². The van der Waals surface area contributed by atoms with E-state index in [2.05, 4.69) is 0 Å². The second-order valence-corrected chi connectivity index (χ2v) is 5.65. The number of rotatable bonds is 7. The summed E-state index contributed by atoms with van der Waals surface area (Å²) in [4.78, 5) is 11.7. The van der Waals surface area contributed by atoms with Gasteiger partial charge < -0.3 is 0 Å². The van der Waals surface area contributed by atoms with Crippen LogP contribution >= 0.6 is 11.8 Å². The maximum Gasteiger partial charge on any atom is 0.456 e. The van der Waals surface area contributed by atoms with E-state index < -0.39 is 24.7 Å². The number of thioether (sulfide) groups is 1. The predicted octanol–water partition coefficient (Wildman–Crippen LogP) is 5.27. The van der Waals surface area contributed by atoms with Crippen molar-refractivity contribution >= 4 is 16.9 Å². The Morgan fingerprint density at radius 3 is 2.18 bits per heavy atom. The minimum atomic E-state index is -5.88. The summed E-state index contributed by atoms with van der Waals surface area (Å²) in [5.41, 5.74) is 0.472. The first-order valence-corrected chi connectivity index (χ1v) is 7.45. The lowest BCUT2D eigenvalue weighted by molar-refractivity contribution is -0.303. The van der Waals surface area contributed by atoms with Gasteiger partial charge in [-0.05, 0) is 19.3 Å². The summed E-state index contributed by atoms with van der Waals surface area (Å²) >= 11 is 0.923. The summed E-state index contributed by atoms with van der Waals surface area (Å²) in [6.45, 7) is 0. The van der Waals surface area contributed by atoms with Gasteiger partial charge in [0.15, 0.2) is 6.17 Å². The predicted molar refractivity (Wildman–Crippen MR) is 73.0 cm³/mol. The van der Waals surface area contributed by atoms with Crippen LogP contribution in [0.3, 0.4) is 0 Å². The quantitative estimate of drug-likeness (QED) is 0.495. The molecule has 1 rings (SSSR count). The first-order valence-electron chi connectivity index (χ1n) is 6.47. The summed E-state index contributed by atoms with van der Waals surface area (Å²) in [5.74, 6) is -5.10. The van der Waals surface area contributed by atoms with Crippen LogP contribution in [-0.2, 0) is 0 Å². The molecule has 0 aliphatic carbocycles. The first-order chi connectivity index (χ1) is 10.2. The van der Waals surface area contributed by atoms with Gasteiger partial charge in [-0.1, -0.05) is 42.1 Å². The summed E-state index contributed by atoms with van der Waals surface area (Å²) in [5, 5.41) is -0.224. The molecule has 1 aromatic rings. The van der Waals surface area contributed by atoms with Gasteiger partial charge in [0.2, 0.25) is 5.12 Å². The highest BCUT2D eigenvalue weighted by Gasteiger charge is 2.62. The van der Waals surface area contributed by atoms with Gasteiger partial charge in [0, 0.05) is 11.3 Å². The van der Waals surface area contributed by atoms with Gasteiger partial charge in [0.1, 0.15) is 0 Å². The van der Waals surface area contributed by atoms with Crippen LogP contribution in [0.2, 0.25) is 0 Å². The molecule has 0 spiro atoms. The summed E-state index contributed by atoms with van der Waals surface area (Å²) in [7, 11) is 0. The molecule has 0 aromatic heterocycles. The molecule has 0 N–H and O–H groups in total. The maximum atomic E-state index is 13.0. The van der Waals surface area contributed by atoms with E-state index >= 15 is 0 Å². The van der Waals surface area contributed by atoms with E-state index in [4.69, 9.17) is 0 Å². The standard InChI is InChI=1S/C14H14F6OS/c15-11(13(16,17)14(18,19)20)8-4-5-9-22-12(21)10-6-2-1-3-7-10/h1-3,6-7,11H,4-5,8-9H2. The molecule has 22 heavy (non-hydrogen) atoms. The minimum absolute atomic E-state index is 0.151. The van der Waals surface area contributed by atoms with Gasteiger partial charge >= 0.3 is 12.1 Å². The average Bonchev–Trinajstić information content (AvgIpc) is 2.46. The zero-order chi connectivity index (χ0) is 16.8. The van der Waals surface area contributed by atoms with Crippen LogP contribution in [0.15, 0.2) is 30.3 Å². The lowest BCUT2D eigenvalue weighted by atomic mass is 10.1. The molecule has 0 heterocycles. The van der Waals surface area contributed by atoms with Crippen molar-refractivity contribution in [1.29, 1.82) is 0 Å². The second kappa shape index (κ2) is 7.89. The minimum Gasteiger partial charge on any atom is -0.282 e. The molecule has 124 valence electrons. The van der Waals surface area contributed by atoms with E-state index in [0.29, 0.717) is 5.56 Å². The summed E-state index contributed by atoms with van der Waals surface area (Å²) in [6.07, 6.45) is -10.0. The largest absolute Gasteiger partial charge is 0.456 e. The van der Waals surface area contributed by atoms with Crippen LogP contribution in [0.25, 0.3) is 0 Å². The summed E-state index contributed by atoms with van der Waals surface area (Å²) in [6, 6.07) is 8.32. The third kappa shape index (κ3) is 5.23. The van der Waals surface area contributed by atoms with Gasteiger partial charge in [-0.3, -0.25) is 4.79 Å². The third-order valence-corrected chi connectivity index (χ3v) is 3.86. The number of benzene rings is 1. The number of carbonyl (C=O) groups excluding carboxylic acids is 1. The fraction of sp³-hybridized carbons (Fsp3) is 0.500. The molecule has 0 bridgehead atoms. The van der Waals surface area contributed by atoms with Crippen LogP contribution in [0.4, 0.5) is 26.3 Å². The van der Waals surface area contributed by atoms with Gasteiger partial charge in [0.05, 0.1) is 0 Å². The Hall–Kier alpha value is -1.18. The van der Waals surface area contributed by atoms with E-state index in [0.717, 1.165) is 11.8 Å². The van der Waals surface area contributed by atoms with E-state index in [1.165, 1.54) is 0 Å². The maximum absolute atomic E-state index is 13.0. The molecule has 1 atom stereocenters. The number of hydrogen-bond acceptors (Lipinski definition) is 2. The Bertz CT molecular complexity index is 474. The fourth-order valence-corrected chi connectivity index (χ4v) is 2.44. The number of carbonyl (C=O) groups is 1. The summed E-state index contributed by atoms with van der Waals surface area (Å²) < 4.78 is 74.0. The fourth-order valence-electron chi connectivity index (χ4n) is 1.61. The van der Waals surface area contributed by atoms with Crippen molar-refractivity contribution in [2.75, 3.05) is 5.75 Å². The number of alkyl halides is 6. The number of unbranched alkanes of at least 4 members (excludes halogenated alkanes) is 1. The Kier molecular flexibility index (Phi) is 6.77. The first kappa shape index (κ1) is 18.9. The van der Waals surface area contributed by atoms with Gasteiger partial charge in [0.25, 0.3) is 0 Å². The zero-order valence-corrected chi connectivity index (χ0v) is 12.2. The molecule has 0 saturated heterocycles. The van der Waals surface area contributed by atoms with Crippen LogP contribution in [0.5, 0.6) is 0 Å². The molecule has 0 amide bonds. The molecule has 0 fully saturated rings. The normalized spacial score (nSPS) is 13.9. The third-order valence-electron chi connectivity index (χ3n) is 2.87. The number of hydrogen-bond donors (Lipinski definition) is 0. The number of halogens is 6. The monoisotopic (exact) mass is 344 g/mol. The highest BCUT2D eigenvalue weighted by molar-refractivity contribution is 8.14. The molecule has 0 aliphatic rings.